The lowest BCUT2D eigenvalue weighted by molar-refractivity contribution is -0.406. The summed E-state index contributed by atoms with van der Waals surface area (Å²) in [4.78, 5) is 54.4. The fraction of sp³-hybridized carbons (Fsp3) is 0.906. The van der Waals surface area contributed by atoms with Gasteiger partial charge in [-0.3, -0.25) is 9.59 Å². The quantitative estimate of drug-likeness (QED) is 0.0385. The highest BCUT2D eigenvalue weighted by Gasteiger charge is 2.86. The third kappa shape index (κ3) is 11.4. The lowest BCUT2D eigenvalue weighted by atomic mass is 9.30. The number of carboxylic acid groups (broad SMARTS) is 1. The summed E-state index contributed by atoms with van der Waals surface area (Å²) in [5.41, 5.74) is -6.21. The second kappa shape index (κ2) is 26.1. The van der Waals surface area contributed by atoms with Crippen LogP contribution in [0.1, 0.15) is 141 Å². The molecule has 33 atom stereocenters. The van der Waals surface area contributed by atoms with Gasteiger partial charge in [-0.2, -0.15) is 0 Å². The van der Waals surface area contributed by atoms with Crippen molar-refractivity contribution in [3.8, 4) is 0 Å². The van der Waals surface area contributed by atoms with Gasteiger partial charge in [-0.1, -0.05) is 61.5 Å². The number of hydrogen-bond acceptors (Lipinski definition) is 28. The molecule has 10 aliphatic rings. The number of allylic oxidation sites excluding steroid dienone is 1. The molecule has 0 aromatic rings. The van der Waals surface area contributed by atoms with Crippen molar-refractivity contribution in [2.75, 3.05) is 13.2 Å². The van der Waals surface area contributed by atoms with Crippen molar-refractivity contribution in [1.29, 1.82) is 0 Å². The van der Waals surface area contributed by atoms with Gasteiger partial charge in [-0.25, -0.2) is 9.59 Å². The van der Waals surface area contributed by atoms with E-state index in [9.17, 15) is 85.6 Å². The summed E-state index contributed by atoms with van der Waals surface area (Å²) in [5, 5.41) is 145. The summed E-state index contributed by atoms with van der Waals surface area (Å²) >= 11 is 0. The summed E-state index contributed by atoms with van der Waals surface area (Å²) in [7, 11) is 0. The Balaban J connectivity index is 0.997. The number of ether oxygens (including phenoxy) is 12. The lowest BCUT2D eigenvalue weighted by Gasteiger charge is -2.75. The molecule has 5 aliphatic heterocycles. The first-order valence-corrected chi connectivity index (χ1v) is 32.8. The third-order valence-corrected chi connectivity index (χ3v) is 24.6. The number of hydrogen-bond donors (Lipinski definition) is 13. The minimum Gasteiger partial charge on any atom is -0.479 e. The fourth-order valence-corrected chi connectivity index (χ4v) is 19.4. The first-order valence-electron chi connectivity index (χ1n) is 32.8. The second-order valence-electron chi connectivity index (χ2n) is 30.0. The Kier molecular flexibility index (Phi) is 20.4. The zero-order valence-corrected chi connectivity index (χ0v) is 54.9. The third-order valence-electron chi connectivity index (χ3n) is 24.6. The molecule has 0 radical (unpaired) electrons. The van der Waals surface area contributed by atoms with Crippen LogP contribution in [0.25, 0.3) is 0 Å². The number of aliphatic carboxylic acids is 1. The molecule has 10 rings (SSSR count). The number of aliphatic hydroxyl groups is 12. The van der Waals surface area contributed by atoms with Crippen molar-refractivity contribution < 1.29 is 142 Å². The molecule has 5 aliphatic carbocycles. The highest BCUT2D eigenvalue weighted by Crippen LogP contribution is 2.82. The molecular weight excluding hydrogens is 1230 g/mol. The fourth-order valence-electron chi connectivity index (χ4n) is 19.4. The average molecular weight is 1330 g/mol. The Morgan fingerprint density at radius 3 is 1.73 bits per heavy atom. The Hall–Kier alpha value is -3.22. The van der Waals surface area contributed by atoms with Gasteiger partial charge in [0.1, 0.15) is 103 Å². The maximum absolute atomic E-state index is 14.1. The van der Waals surface area contributed by atoms with Crippen molar-refractivity contribution in [2.24, 2.45) is 50.2 Å². The van der Waals surface area contributed by atoms with Crippen molar-refractivity contribution in [2.45, 2.75) is 300 Å². The normalized spacial score (nSPS) is 51.6. The molecule has 0 aromatic carbocycles. The highest BCUT2D eigenvalue weighted by molar-refractivity contribution is 5.88. The van der Waals surface area contributed by atoms with E-state index < -0.39 is 235 Å². The minimum atomic E-state index is -2.31. The van der Waals surface area contributed by atoms with Crippen LogP contribution >= 0.6 is 0 Å². The molecule has 0 unspecified atom stereocenters. The molecule has 5 saturated carbocycles. The number of carboxylic acids is 1. The second-order valence-corrected chi connectivity index (χ2v) is 30.0. The molecule has 1 spiro atoms. The maximum atomic E-state index is 14.1. The van der Waals surface area contributed by atoms with Crippen LogP contribution < -0.4 is 0 Å². The van der Waals surface area contributed by atoms with E-state index in [1.54, 1.807) is 26.8 Å². The van der Waals surface area contributed by atoms with Crippen molar-refractivity contribution in [3.63, 3.8) is 0 Å². The van der Waals surface area contributed by atoms with Crippen LogP contribution in [0.5, 0.6) is 0 Å². The molecule has 13 N–H and O–H groups in total. The SMILES string of the molecule is C/C=C(\C)C(=O)O[C@H]1[C@@H](OC(C)=O)C(C)(C)C[C@@H]2[C@]13[C@@H](OC(=O)CC)C[C@]1(C)[C@@]4(C)CC[C@H]5C(C)(C)[C@H](O[C@H]6O[C@@H](C(=O)O)[C@H](O)[C@@H](O[C@@H]7O[C@H](CO)[C@@H](O)[C@@H](O)[C@H]7O[C@@H]7O[C@H](C)[C@@H](O)[C@@H](O)[C@H]7O)[C@H]6O[C@@H]6O[C@H](CO)[C@H](O)[C@H](O)[C@H]6O)CC[C@@]5(C)[C@H]4CC[C@@]21O[C@@H]3O. The summed E-state index contributed by atoms with van der Waals surface area (Å²) in [5.74, 6) is -4.52. The van der Waals surface area contributed by atoms with Gasteiger partial charge < -0.3 is 123 Å². The Labute approximate surface area is 539 Å². The molecule has 0 amide bonds. The van der Waals surface area contributed by atoms with Crippen LogP contribution in [-0.4, -0.2) is 263 Å². The van der Waals surface area contributed by atoms with E-state index in [0.717, 1.165) is 0 Å². The standard InChI is InChI=1S/C64H100O29/c1-13-25(3)52(80)92-50-49(83-27(5)67)58(6,7)21-32-63-20-16-31-60(10)18-17-33(59(8,9)30(60)15-19-61(31,11)62(63,12)22-34(86-35(68)14-2)64(32,50)57(81)93-63)87-56-48(91-54-43(76)40(73)37(70)28(23-65)84-54)45(44(77)46(89-56)51(78)79)88-55-47(41(74)38(71)29(24-66)85-55)90-53-42(75)39(72)36(69)26(4)82-53/h13,26,28-34,36-50,53-57,65-66,69-77,81H,14-24H2,1-12H3,(H,78,79)/b25-13+/t26-,28-,29-,30+,31-,32+,33-,34+,36-,37+,38-,39-,40+,41-,42-,43-,44-,45-,46-,47-,48-,49-,50+,53+,54+,55+,56+,57+,60-,61+,62-,63-,64+/m1/s1. The zero-order chi connectivity index (χ0) is 68.5. The van der Waals surface area contributed by atoms with E-state index in [-0.39, 0.29) is 36.7 Å². The van der Waals surface area contributed by atoms with E-state index >= 15 is 0 Å². The largest absolute Gasteiger partial charge is 0.479 e. The van der Waals surface area contributed by atoms with Gasteiger partial charge in [-0.05, 0) is 100 Å². The van der Waals surface area contributed by atoms with Gasteiger partial charge >= 0.3 is 23.9 Å². The topological polar surface area (TPSA) is 442 Å². The smallest absolute Gasteiger partial charge is 0.335 e. The van der Waals surface area contributed by atoms with Crippen LogP contribution in [0.3, 0.4) is 0 Å². The van der Waals surface area contributed by atoms with Crippen LogP contribution in [0.15, 0.2) is 11.6 Å². The molecule has 10 fully saturated rings. The monoisotopic (exact) mass is 1330 g/mol. The zero-order valence-electron chi connectivity index (χ0n) is 54.9. The van der Waals surface area contributed by atoms with Crippen molar-refractivity contribution in [1.82, 2.24) is 0 Å². The Morgan fingerprint density at radius 2 is 1.13 bits per heavy atom. The maximum Gasteiger partial charge on any atom is 0.335 e. The van der Waals surface area contributed by atoms with E-state index in [2.05, 4.69) is 20.8 Å². The van der Waals surface area contributed by atoms with Crippen LogP contribution in [0.2, 0.25) is 0 Å². The summed E-state index contributed by atoms with van der Waals surface area (Å²) in [6, 6.07) is 0. The molecule has 5 heterocycles. The van der Waals surface area contributed by atoms with Crippen LogP contribution in [0, 0.1) is 50.2 Å². The number of carbonyl (C=O) groups excluding carboxylic acids is 3. The van der Waals surface area contributed by atoms with E-state index in [1.807, 2.05) is 27.7 Å². The molecule has 5 saturated heterocycles. The molecule has 29 heteroatoms. The summed E-state index contributed by atoms with van der Waals surface area (Å²) in [6.07, 6.45) is -39.5. The number of rotatable bonds is 16. The number of carbonyl (C=O) groups is 4. The molecule has 2 bridgehead atoms. The summed E-state index contributed by atoms with van der Waals surface area (Å²) in [6.45, 7) is 20.2. The minimum absolute atomic E-state index is 0.0156. The molecule has 93 heavy (non-hydrogen) atoms. The predicted molar refractivity (Wildman–Crippen MR) is 312 cm³/mol. The number of fused-ring (bicyclic) bond motifs is 4. The molecule has 530 valence electrons. The number of aliphatic hydroxyl groups excluding tert-OH is 12. The average Bonchev–Trinajstić information content (AvgIpc) is 1.56. The van der Waals surface area contributed by atoms with Gasteiger partial charge in [-0.15, -0.1) is 0 Å². The van der Waals surface area contributed by atoms with Crippen molar-refractivity contribution in [3.05, 3.63) is 11.6 Å². The first kappa shape index (κ1) is 72.5. The van der Waals surface area contributed by atoms with Crippen molar-refractivity contribution >= 4 is 23.9 Å². The van der Waals surface area contributed by atoms with E-state index in [4.69, 9.17) is 56.8 Å². The number of esters is 3. The van der Waals surface area contributed by atoms with Gasteiger partial charge in [0, 0.05) is 35.7 Å². The first-order chi connectivity index (χ1) is 43.4. The van der Waals surface area contributed by atoms with Crippen LogP contribution in [0.4, 0.5) is 0 Å². The highest BCUT2D eigenvalue weighted by atomic mass is 16.8. The lowest BCUT2D eigenvalue weighted by Crippen LogP contribution is -2.77. The Morgan fingerprint density at radius 1 is 0.559 bits per heavy atom. The summed E-state index contributed by atoms with van der Waals surface area (Å²) < 4.78 is 75.8. The Bertz CT molecular complexity index is 2770. The predicted octanol–water partition coefficient (Wildman–Crippen LogP) is -0.922. The van der Waals surface area contributed by atoms with Crippen LogP contribution in [-0.2, 0) is 76.0 Å². The van der Waals surface area contributed by atoms with E-state index in [0.29, 0.717) is 38.5 Å². The van der Waals surface area contributed by atoms with Gasteiger partial charge in [0.25, 0.3) is 0 Å². The molecular formula is C64H100O29. The van der Waals surface area contributed by atoms with Gasteiger partial charge in [0.15, 0.2) is 43.7 Å². The van der Waals surface area contributed by atoms with Gasteiger partial charge in [0.05, 0.1) is 31.0 Å². The molecule has 29 nitrogen and oxygen atoms in total. The van der Waals surface area contributed by atoms with Gasteiger partial charge in [0.2, 0.25) is 0 Å². The van der Waals surface area contributed by atoms with E-state index in [1.165, 1.54) is 13.8 Å². The molecule has 0 aromatic heterocycles.